The van der Waals surface area contributed by atoms with Gasteiger partial charge >= 0.3 is 0 Å². The molecule has 0 fully saturated rings. The first kappa shape index (κ1) is 20.5. The van der Waals surface area contributed by atoms with Crippen molar-refractivity contribution in [2.45, 2.75) is 55.9 Å². The Labute approximate surface area is 173 Å². The Hall–Kier alpha value is -2.19. The summed E-state index contributed by atoms with van der Waals surface area (Å²) in [6, 6.07) is 3.77. The molecule has 1 unspecified atom stereocenters. The largest absolute Gasteiger partial charge is 0.444 e. The van der Waals surface area contributed by atoms with Crippen molar-refractivity contribution >= 4 is 34.1 Å². The highest BCUT2D eigenvalue weighted by Crippen LogP contribution is 2.32. The molecule has 1 atom stereocenters. The molecule has 0 spiro atoms. The lowest BCUT2D eigenvalue weighted by Gasteiger charge is -2.13. The molecular formula is C20H24N4O2S2. The molecular weight excluding hydrogens is 392 g/mol. The Kier molecular flexibility index (Phi) is 6.20. The minimum absolute atomic E-state index is 0.0544. The van der Waals surface area contributed by atoms with E-state index in [1.807, 2.05) is 26.0 Å². The van der Waals surface area contributed by atoms with Crippen molar-refractivity contribution in [1.29, 1.82) is 0 Å². The molecule has 1 amide bonds. The number of carbonyl (C=O) groups excluding carboxylic acids is 1. The lowest BCUT2D eigenvalue weighted by Crippen LogP contribution is -2.19. The average molecular weight is 417 g/mol. The first-order valence-corrected chi connectivity index (χ1v) is 10.8. The molecule has 3 rings (SSSR count). The Morgan fingerprint density at radius 3 is 2.75 bits per heavy atom. The predicted octanol–water partition coefficient (Wildman–Crippen LogP) is 5.17. The van der Waals surface area contributed by atoms with Crippen LogP contribution in [0.15, 0.2) is 39.3 Å². The van der Waals surface area contributed by atoms with Gasteiger partial charge in [0.15, 0.2) is 5.13 Å². The van der Waals surface area contributed by atoms with Crippen LogP contribution in [0.2, 0.25) is 0 Å². The van der Waals surface area contributed by atoms with E-state index in [1.165, 1.54) is 11.3 Å². The lowest BCUT2D eigenvalue weighted by molar-refractivity contribution is -0.117. The summed E-state index contributed by atoms with van der Waals surface area (Å²) < 4.78 is 6.81. The van der Waals surface area contributed by atoms with Crippen LogP contribution in [0.4, 0.5) is 5.13 Å². The van der Waals surface area contributed by atoms with Gasteiger partial charge in [0, 0.05) is 17.3 Å². The first-order valence-electron chi connectivity index (χ1n) is 9.00. The zero-order chi connectivity index (χ0) is 20.3. The van der Waals surface area contributed by atoms with Gasteiger partial charge in [-0.1, -0.05) is 38.2 Å². The second kappa shape index (κ2) is 8.45. The lowest BCUT2D eigenvalue weighted by atomic mass is 9.94. The molecule has 3 aromatic heterocycles. The number of hydrogen-bond donors (Lipinski definition) is 1. The first-order chi connectivity index (χ1) is 13.2. The smallest absolute Gasteiger partial charge is 0.233 e. The topological polar surface area (TPSA) is 80.9 Å². The van der Waals surface area contributed by atoms with Gasteiger partial charge in [0.1, 0.15) is 5.76 Å². The van der Waals surface area contributed by atoms with E-state index in [1.54, 1.807) is 30.4 Å². The number of aryl methyl sites for hydroxylation is 1. The van der Waals surface area contributed by atoms with Crippen LogP contribution in [0.3, 0.4) is 0 Å². The number of thiazole rings is 1. The summed E-state index contributed by atoms with van der Waals surface area (Å²) in [5, 5.41) is 3.49. The Balaban J connectivity index is 1.57. The van der Waals surface area contributed by atoms with Crippen LogP contribution in [0.5, 0.6) is 0 Å². The van der Waals surface area contributed by atoms with E-state index >= 15 is 0 Å². The highest BCUT2D eigenvalue weighted by Gasteiger charge is 2.20. The molecule has 148 valence electrons. The number of oxazole rings is 1. The minimum atomic E-state index is -0.295. The number of pyridine rings is 1. The van der Waals surface area contributed by atoms with Crippen LogP contribution in [0.25, 0.3) is 0 Å². The number of thioether (sulfide) groups is 1. The number of nitrogens with zero attached hydrogens (tertiary/aromatic N) is 3. The Bertz CT molecular complexity index is 959. The van der Waals surface area contributed by atoms with Crippen LogP contribution < -0.4 is 5.32 Å². The quantitative estimate of drug-likeness (QED) is 0.559. The summed E-state index contributed by atoms with van der Waals surface area (Å²) in [7, 11) is 0. The third-order valence-corrected chi connectivity index (χ3v) is 6.35. The number of aromatic nitrogens is 3. The van der Waals surface area contributed by atoms with Gasteiger partial charge in [0.25, 0.3) is 0 Å². The van der Waals surface area contributed by atoms with Gasteiger partial charge in [-0.15, -0.1) is 11.8 Å². The SMILES string of the molecule is Cc1ncccc1C(C)C(=O)Nc1ncc(SCc2ncc(C(C)(C)C)o2)s1. The molecule has 0 aliphatic heterocycles. The molecule has 1 N–H and O–H groups in total. The maximum atomic E-state index is 12.5. The van der Waals surface area contributed by atoms with Crippen molar-refractivity contribution in [3.8, 4) is 0 Å². The van der Waals surface area contributed by atoms with Gasteiger partial charge in [-0.3, -0.25) is 9.78 Å². The molecule has 0 saturated carbocycles. The highest BCUT2D eigenvalue weighted by atomic mass is 32.2. The van der Waals surface area contributed by atoms with Gasteiger partial charge in [-0.05, 0) is 25.5 Å². The van der Waals surface area contributed by atoms with Gasteiger partial charge in [-0.25, -0.2) is 9.97 Å². The molecule has 8 heteroatoms. The molecule has 0 radical (unpaired) electrons. The zero-order valence-corrected chi connectivity index (χ0v) is 18.3. The van der Waals surface area contributed by atoms with E-state index in [0.717, 1.165) is 21.2 Å². The summed E-state index contributed by atoms with van der Waals surface area (Å²) in [6.45, 7) is 10.1. The van der Waals surface area contributed by atoms with E-state index < -0.39 is 0 Å². The van der Waals surface area contributed by atoms with E-state index in [0.29, 0.717) is 16.8 Å². The van der Waals surface area contributed by atoms with Crippen molar-refractivity contribution in [2.75, 3.05) is 5.32 Å². The third kappa shape index (κ3) is 4.99. The predicted molar refractivity (Wildman–Crippen MR) is 113 cm³/mol. The molecule has 28 heavy (non-hydrogen) atoms. The fourth-order valence-electron chi connectivity index (χ4n) is 2.55. The van der Waals surface area contributed by atoms with E-state index in [4.69, 9.17) is 4.42 Å². The molecule has 3 aromatic rings. The second-order valence-electron chi connectivity index (χ2n) is 7.53. The highest BCUT2D eigenvalue weighted by molar-refractivity contribution is 8.00. The summed E-state index contributed by atoms with van der Waals surface area (Å²) >= 11 is 3.04. The van der Waals surface area contributed by atoms with Gasteiger partial charge in [0.05, 0.1) is 28.3 Å². The standard InChI is InChI=1S/C20H24N4O2S2/c1-12(14-7-6-8-21-13(14)2)18(25)24-19-23-10-17(28-19)27-11-16-22-9-15(26-16)20(3,4)5/h6-10,12H,11H2,1-5H3,(H,23,24,25). The number of carbonyl (C=O) groups is 1. The number of nitrogens with one attached hydrogen (secondary N) is 1. The van der Waals surface area contributed by atoms with E-state index in [2.05, 4.69) is 41.0 Å². The monoisotopic (exact) mass is 416 g/mol. The van der Waals surface area contributed by atoms with Gasteiger partial charge < -0.3 is 9.73 Å². The second-order valence-corrected chi connectivity index (χ2v) is 9.84. The minimum Gasteiger partial charge on any atom is -0.444 e. The fourth-order valence-corrected chi connectivity index (χ4v) is 4.28. The molecule has 0 bridgehead atoms. The molecule has 3 heterocycles. The van der Waals surface area contributed by atoms with Crippen LogP contribution in [0.1, 0.15) is 56.5 Å². The van der Waals surface area contributed by atoms with Crippen LogP contribution in [-0.4, -0.2) is 20.9 Å². The summed E-state index contributed by atoms with van der Waals surface area (Å²) in [5.74, 6) is 1.80. The van der Waals surface area contributed by atoms with Crippen molar-refractivity contribution in [3.63, 3.8) is 0 Å². The summed E-state index contributed by atoms with van der Waals surface area (Å²) in [5.41, 5.74) is 1.73. The molecule has 0 saturated heterocycles. The van der Waals surface area contributed by atoms with E-state index in [9.17, 15) is 4.79 Å². The Morgan fingerprint density at radius 2 is 2.07 bits per heavy atom. The van der Waals surface area contributed by atoms with Crippen LogP contribution in [0, 0.1) is 6.92 Å². The van der Waals surface area contributed by atoms with Crippen LogP contribution in [-0.2, 0) is 16.0 Å². The van der Waals surface area contributed by atoms with Crippen molar-refractivity contribution in [1.82, 2.24) is 15.0 Å². The average Bonchev–Trinajstić information content (AvgIpc) is 3.29. The molecule has 0 aliphatic carbocycles. The molecule has 6 nitrogen and oxygen atoms in total. The summed E-state index contributed by atoms with van der Waals surface area (Å²) in [6.07, 6.45) is 5.28. The number of anilines is 1. The number of hydrogen-bond acceptors (Lipinski definition) is 7. The van der Waals surface area contributed by atoms with Crippen molar-refractivity contribution < 1.29 is 9.21 Å². The van der Waals surface area contributed by atoms with Crippen LogP contribution >= 0.6 is 23.1 Å². The molecule has 0 aromatic carbocycles. The van der Waals surface area contributed by atoms with E-state index in [-0.39, 0.29) is 17.2 Å². The Morgan fingerprint density at radius 1 is 1.29 bits per heavy atom. The number of amides is 1. The normalized spacial score (nSPS) is 12.8. The van der Waals surface area contributed by atoms with Crippen molar-refractivity contribution in [2.24, 2.45) is 0 Å². The summed E-state index contributed by atoms with van der Waals surface area (Å²) in [4.78, 5) is 25.4. The zero-order valence-electron chi connectivity index (χ0n) is 16.6. The number of rotatable bonds is 6. The fraction of sp³-hybridized carbons (Fsp3) is 0.400. The van der Waals surface area contributed by atoms with Gasteiger partial charge in [-0.2, -0.15) is 0 Å². The maximum absolute atomic E-state index is 12.5. The van der Waals surface area contributed by atoms with Crippen molar-refractivity contribution in [3.05, 3.63) is 53.6 Å². The third-order valence-electron chi connectivity index (χ3n) is 4.25. The molecule has 0 aliphatic rings. The maximum Gasteiger partial charge on any atom is 0.233 e. The van der Waals surface area contributed by atoms with Gasteiger partial charge in [0.2, 0.25) is 11.8 Å².